The molecule has 0 unspecified atom stereocenters. The Bertz CT molecular complexity index is 680. The fraction of sp³-hybridized carbons (Fsp3) is 0.474. The summed E-state index contributed by atoms with van der Waals surface area (Å²) >= 11 is 0. The molecule has 0 amide bonds. The molecular formula is C19H23N3O2P+. The van der Waals surface area contributed by atoms with Crippen LogP contribution >= 0.6 is 7.26 Å². The van der Waals surface area contributed by atoms with Crippen LogP contribution in [-0.4, -0.2) is 31.4 Å². The van der Waals surface area contributed by atoms with Crippen molar-refractivity contribution in [3.05, 3.63) is 29.3 Å². The monoisotopic (exact) mass is 356 g/mol. The second-order valence-electron chi connectivity index (χ2n) is 5.98. The molecule has 25 heavy (non-hydrogen) atoms. The van der Waals surface area contributed by atoms with E-state index in [-0.39, 0.29) is 5.78 Å². The predicted octanol–water partition coefficient (Wildman–Crippen LogP) is 4.16. The summed E-state index contributed by atoms with van der Waals surface area (Å²) in [5, 5.41) is 27.1. The number of carbonyl (C=O) groups is 1. The molecule has 1 aromatic carbocycles. The highest BCUT2D eigenvalue weighted by Crippen LogP contribution is 2.63. The van der Waals surface area contributed by atoms with Crippen LogP contribution in [0, 0.1) is 34.0 Å². The number of ether oxygens (including phenoxy) is 1. The van der Waals surface area contributed by atoms with Crippen molar-refractivity contribution in [2.45, 2.75) is 32.3 Å². The number of nitrogens with zero attached hydrogens (tertiary/aromatic N) is 3. The molecular weight excluding hydrogens is 333 g/mol. The molecule has 0 aliphatic heterocycles. The normalized spacial score (nSPS) is 10.4. The van der Waals surface area contributed by atoms with Gasteiger partial charge in [0.25, 0.3) is 0 Å². The number of benzene rings is 1. The molecule has 0 aliphatic rings. The maximum atomic E-state index is 11.7. The largest absolute Gasteiger partial charge is 0.496 e. The van der Waals surface area contributed by atoms with E-state index in [1.807, 2.05) is 6.07 Å². The minimum absolute atomic E-state index is 0.0149. The summed E-state index contributed by atoms with van der Waals surface area (Å²) in [5.41, 5.74) is 1.55. The van der Waals surface area contributed by atoms with E-state index >= 15 is 0 Å². The van der Waals surface area contributed by atoms with Gasteiger partial charge in [-0.25, -0.2) is 0 Å². The number of hydrogen-bond donors (Lipinski definition) is 0. The molecule has 0 saturated heterocycles. The number of ketones is 1. The van der Waals surface area contributed by atoms with Crippen molar-refractivity contribution in [2.75, 3.05) is 25.6 Å². The first-order valence-corrected chi connectivity index (χ1v) is 10.7. The van der Waals surface area contributed by atoms with E-state index < -0.39 is 7.26 Å². The van der Waals surface area contributed by atoms with Crippen molar-refractivity contribution in [1.82, 2.24) is 0 Å². The van der Waals surface area contributed by atoms with E-state index in [0.29, 0.717) is 36.7 Å². The van der Waals surface area contributed by atoms with Gasteiger partial charge in [0.1, 0.15) is 5.75 Å². The quantitative estimate of drug-likeness (QED) is 0.463. The van der Waals surface area contributed by atoms with Gasteiger partial charge in [0.05, 0.1) is 69.2 Å². The second-order valence-corrected chi connectivity index (χ2v) is 10.3. The summed E-state index contributed by atoms with van der Waals surface area (Å²) < 4.78 is 5.45. The lowest BCUT2D eigenvalue weighted by Crippen LogP contribution is -2.12. The number of methoxy groups -OCH3 is 1. The minimum Gasteiger partial charge on any atom is -0.496 e. The van der Waals surface area contributed by atoms with Crippen LogP contribution in [0.1, 0.15) is 42.1 Å². The van der Waals surface area contributed by atoms with Gasteiger partial charge in [-0.05, 0) is 25.1 Å². The summed E-state index contributed by atoms with van der Waals surface area (Å²) in [4.78, 5) is 11.7. The highest BCUT2D eigenvalue weighted by atomic mass is 31.2. The van der Waals surface area contributed by atoms with Crippen LogP contribution < -0.4 is 4.74 Å². The van der Waals surface area contributed by atoms with Gasteiger partial charge in [-0.1, -0.05) is 0 Å². The maximum absolute atomic E-state index is 11.7. The standard InChI is InChI=1S/C19H23N3O2P/c1-16(23)17-6-7-19(24-2)18(14-17)15-25(11-3-8-20,12-4-9-21)13-5-10-22/h6-7,14H,3-5,11-13,15H2,1-2H3/q+1. The summed E-state index contributed by atoms with van der Waals surface area (Å²) in [5.74, 6) is 0.694. The van der Waals surface area contributed by atoms with Gasteiger partial charge in [0, 0.05) is 18.4 Å². The topological polar surface area (TPSA) is 97.7 Å². The molecule has 0 bridgehead atoms. The van der Waals surface area contributed by atoms with Gasteiger partial charge in [-0.2, -0.15) is 15.8 Å². The number of rotatable bonds is 10. The third-order valence-electron chi connectivity index (χ3n) is 4.29. The Labute approximate surface area is 150 Å². The maximum Gasteiger partial charge on any atom is 0.159 e. The van der Waals surface area contributed by atoms with Crippen LogP contribution in [-0.2, 0) is 6.16 Å². The van der Waals surface area contributed by atoms with E-state index in [9.17, 15) is 4.79 Å². The van der Waals surface area contributed by atoms with Crippen LogP contribution in [0.25, 0.3) is 0 Å². The van der Waals surface area contributed by atoms with Crippen molar-refractivity contribution in [3.63, 3.8) is 0 Å². The average molecular weight is 356 g/mol. The number of Topliss-reactive ketones (excluding diaryl/α,β-unsaturated/α-hetero) is 1. The van der Waals surface area contributed by atoms with Gasteiger partial charge >= 0.3 is 0 Å². The summed E-state index contributed by atoms with van der Waals surface area (Å²) in [6, 6.07) is 12.0. The number of hydrogen-bond acceptors (Lipinski definition) is 5. The Hall–Kier alpha value is -2.41. The molecule has 1 aromatic rings. The molecule has 0 heterocycles. The van der Waals surface area contributed by atoms with Gasteiger partial charge in [-0.15, -0.1) is 0 Å². The zero-order valence-corrected chi connectivity index (χ0v) is 15.7. The first-order valence-electron chi connectivity index (χ1n) is 8.15. The zero-order chi connectivity index (χ0) is 18.7. The smallest absolute Gasteiger partial charge is 0.159 e. The third-order valence-corrected chi connectivity index (χ3v) is 8.81. The van der Waals surface area contributed by atoms with Crippen molar-refractivity contribution < 1.29 is 9.53 Å². The van der Waals surface area contributed by atoms with E-state index in [2.05, 4.69) is 18.2 Å². The molecule has 0 saturated carbocycles. The zero-order valence-electron chi connectivity index (χ0n) is 14.8. The Balaban J connectivity index is 3.28. The Kier molecular flexibility index (Phi) is 8.63. The van der Waals surface area contributed by atoms with E-state index in [1.54, 1.807) is 19.2 Å². The van der Waals surface area contributed by atoms with Crippen molar-refractivity contribution in [2.24, 2.45) is 0 Å². The number of nitriles is 3. The second kappa shape index (κ2) is 10.5. The van der Waals surface area contributed by atoms with E-state index in [0.717, 1.165) is 24.0 Å². The van der Waals surface area contributed by atoms with Crippen molar-refractivity contribution in [3.8, 4) is 24.0 Å². The minimum atomic E-state index is -1.72. The fourth-order valence-corrected chi connectivity index (χ4v) is 6.75. The summed E-state index contributed by atoms with van der Waals surface area (Å²) in [6.45, 7) is 1.52. The molecule has 0 aliphatic carbocycles. The molecule has 0 fully saturated rings. The highest BCUT2D eigenvalue weighted by molar-refractivity contribution is 7.75. The van der Waals surface area contributed by atoms with E-state index in [1.165, 1.54) is 6.92 Å². The molecule has 0 N–H and O–H groups in total. The van der Waals surface area contributed by atoms with Crippen LogP contribution in [0.15, 0.2) is 18.2 Å². The lowest BCUT2D eigenvalue weighted by molar-refractivity contribution is 0.101. The van der Waals surface area contributed by atoms with Crippen LogP contribution in [0.3, 0.4) is 0 Å². The molecule has 0 radical (unpaired) electrons. The molecule has 5 nitrogen and oxygen atoms in total. The van der Waals surface area contributed by atoms with Gasteiger partial charge in [0.15, 0.2) is 5.78 Å². The van der Waals surface area contributed by atoms with Crippen LogP contribution in [0.5, 0.6) is 5.75 Å². The van der Waals surface area contributed by atoms with Gasteiger partial charge in [0.2, 0.25) is 0 Å². The molecule has 130 valence electrons. The van der Waals surface area contributed by atoms with Crippen molar-refractivity contribution in [1.29, 1.82) is 15.8 Å². The lowest BCUT2D eigenvalue weighted by atomic mass is 10.1. The van der Waals surface area contributed by atoms with E-state index in [4.69, 9.17) is 20.5 Å². The Morgan fingerprint density at radius 1 is 1.04 bits per heavy atom. The molecule has 6 heteroatoms. The summed E-state index contributed by atoms with van der Waals surface area (Å²) in [7, 11) is -0.127. The Morgan fingerprint density at radius 3 is 1.96 bits per heavy atom. The fourth-order valence-electron chi connectivity index (χ4n) is 2.92. The molecule has 0 atom stereocenters. The van der Waals surface area contributed by atoms with Crippen LogP contribution in [0.2, 0.25) is 0 Å². The highest BCUT2D eigenvalue weighted by Gasteiger charge is 2.37. The lowest BCUT2D eigenvalue weighted by Gasteiger charge is -2.26. The molecule has 1 rings (SSSR count). The third kappa shape index (κ3) is 6.19. The first-order chi connectivity index (χ1) is 12.0. The average Bonchev–Trinajstić information content (AvgIpc) is 2.62. The SMILES string of the molecule is COc1ccc(C(C)=O)cc1C[P+](CCC#N)(CCC#N)CCC#N. The molecule has 0 spiro atoms. The first kappa shape index (κ1) is 20.6. The Morgan fingerprint density at radius 2 is 1.56 bits per heavy atom. The van der Waals surface area contributed by atoms with Crippen molar-refractivity contribution >= 4 is 13.0 Å². The number of carbonyl (C=O) groups excluding carboxylic acids is 1. The van der Waals surface area contributed by atoms with Gasteiger partial charge < -0.3 is 4.74 Å². The van der Waals surface area contributed by atoms with Crippen LogP contribution in [0.4, 0.5) is 0 Å². The summed E-state index contributed by atoms with van der Waals surface area (Å²) in [6.07, 6.45) is 4.10. The van der Waals surface area contributed by atoms with Gasteiger partial charge in [-0.3, -0.25) is 4.79 Å². The molecule has 0 aromatic heterocycles. The predicted molar refractivity (Wildman–Crippen MR) is 98.9 cm³/mol.